The van der Waals surface area contributed by atoms with Gasteiger partial charge in [0.05, 0.1) is 13.3 Å². The molecular weight excluding hydrogens is 232 g/mol. The maximum absolute atomic E-state index is 5.35. The third-order valence-electron chi connectivity index (χ3n) is 1.90. The standard InChI is InChI=1S/C12H14N4O2/c1-3-6-18-11-5-4-10(17-2)7-9(11)8-15-16-12(13)14/h1,4-5,7-8H,6H2,2H3,(H4,13,14,16). The zero-order valence-electron chi connectivity index (χ0n) is 9.96. The van der Waals surface area contributed by atoms with Crippen molar-refractivity contribution in [1.82, 2.24) is 0 Å². The average Bonchev–Trinajstić information content (AvgIpc) is 2.36. The first kappa shape index (κ1) is 13.4. The largest absolute Gasteiger partial charge is 0.497 e. The summed E-state index contributed by atoms with van der Waals surface area (Å²) in [6, 6.07) is 5.22. The van der Waals surface area contributed by atoms with Crippen LogP contribution < -0.4 is 20.9 Å². The molecule has 0 bridgehead atoms. The summed E-state index contributed by atoms with van der Waals surface area (Å²) in [5, 5.41) is 7.21. The summed E-state index contributed by atoms with van der Waals surface area (Å²) in [6.07, 6.45) is 6.59. The fraction of sp³-hybridized carbons (Fsp3) is 0.167. The maximum atomic E-state index is 5.35. The second kappa shape index (κ2) is 6.81. The Kier molecular flexibility index (Phi) is 5.06. The first-order chi connectivity index (χ1) is 8.67. The summed E-state index contributed by atoms with van der Waals surface area (Å²) in [5.74, 6) is 3.49. The lowest BCUT2D eigenvalue weighted by atomic mass is 10.2. The topological polar surface area (TPSA) is 95.2 Å². The van der Waals surface area contributed by atoms with Crippen molar-refractivity contribution in [3.05, 3.63) is 23.8 Å². The predicted octanol–water partition coefficient (Wildman–Crippen LogP) is 0.315. The van der Waals surface area contributed by atoms with E-state index in [2.05, 4.69) is 16.1 Å². The van der Waals surface area contributed by atoms with Gasteiger partial charge in [-0.15, -0.1) is 11.5 Å². The third-order valence-corrected chi connectivity index (χ3v) is 1.90. The van der Waals surface area contributed by atoms with E-state index < -0.39 is 0 Å². The number of methoxy groups -OCH3 is 1. The number of benzene rings is 1. The van der Waals surface area contributed by atoms with Gasteiger partial charge in [0, 0.05) is 5.56 Å². The van der Waals surface area contributed by atoms with Gasteiger partial charge in [0.15, 0.2) is 0 Å². The van der Waals surface area contributed by atoms with Gasteiger partial charge in [-0.1, -0.05) is 5.92 Å². The molecule has 0 saturated carbocycles. The summed E-state index contributed by atoms with van der Waals surface area (Å²) in [7, 11) is 1.56. The second-order valence-electron chi connectivity index (χ2n) is 3.17. The Bertz CT molecular complexity index is 499. The zero-order valence-corrected chi connectivity index (χ0v) is 9.96. The molecule has 0 fully saturated rings. The van der Waals surface area contributed by atoms with Gasteiger partial charge in [-0.3, -0.25) is 0 Å². The van der Waals surface area contributed by atoms with Crippen molar-refractivity contribution in [3.63, 3.8) is 0 Å². The highest BCUT2D eigenvalue weighted by Crippen LogP contribution is 2.22. The molecule has 0 heterocycles. The average molecular weight is 246 g/mol. The number of rotatable bonds is 5. The van der Waals surface area contributed by atoms with Gasteiger partial charge >= 0.3 is 0 Å². The lowest BCUT2D eigenvalue weighted by Gasteiger charge is -2.07. The van der Waals surface area contributed by atoms with Gasteiger partial charge < -0.3 is 20.9 Å². The van der Waals surface area contributed by atoms with E-state index in [-0.39, 0.29) is 12.6 Å². The molecular formula is C12H14N4O2. The van der Waals surface area contributed by atoms with Crippen LogP contribution in [-0.2, 0) is 0 Å². The molecule has 0 spiro atoms. The van der Waals surface area contributed by atoms with Crippen LogP contribution in [0, 0.1) is 12.3 Å². The van der Waals surface area contributed by atoms with Crippen LogP contribution in [0.15, 0.2) is 28.4 Å². The molecule has 0 aliphatic heterocycles. The SMILES string of the molecule is C#CCOc1ccc(OC)cc1C=NN=C(N)N. The van der Waals surface area contributed by atoms with Crippen LogP contribution in [0.3, 0.4) is 0 Å². The first-order valence-electron chi connectivity index (χ1n) is 5.03. The summed E-state index contributed by atoms with van der Waals surface area (Å²) in [5.41, 5.74) is 11.0. The van der Waals surface area contributed by atoms with Crippen LogP contribution in [0.5, 0.6) is 11.5 Å². The van der Waals surface area contributed by atoms with E-state index in [1.807, 2.05) is 0 Å². The molecule has 1 aromatic carbocycles. The fourth-order valence-electron chi connectivity index (χ4n) is 1.16. The van der Waals surface area contributed by atoms with Gasteiger partial charge in [-0.25, -0.2) is 0 Å². The summed E-state index contributed by atoms with van der Waals surface area (Å²) < 4.78 is 10.4. The minimum atomic E-state index is -0.125. The van der Waals surface area contributed by atoms with Crippen LogP contribution in [0.1, 0.15) is 5.56 Å². The van der Waals surface area contributed by atoms with Gasteiger partial charge in [0.25, 0.3) is 0 Å². The Labute approximate surface area is 105 Å². The van der Waals surface area contributed by atoms with E-state index in [1.165, 1.54) is 6.21 Å². The third kappa shape index (κ3) is 4.06. The Morgan fingerprint density at radius 1 is 1.50 bits per heavy atom. The quantitative estimate of drug-likeness (QED) is 0.338. The highest BCUT2D eigenvalue weighted by atomic mass is 16.5. The van der Waals surface area contributed by atoms with Crippen LogP contribution in [0.2, 0.25) is 0 Å². The molecule has 18 heavy (non-hydrogen) atoms. The second-order valence-corrected chi connectivity index (χ2v) is 3.17. The van der Waals surface area contributed by atoms with E-state index in [0.29, 0.717) is 17.1 Å². The normalized spacial score (nSPS) is 9.78. The Morgan fingerprint density at radius 3 is 2.89 bits per heavy atom. The maximum Gasteiger partial charge on any atom is 0.211 e. The summed E-state index contributed by atoms with van der Waals surface area (Å²) in [6.45, 7) is 0.162. The van der Waals surface area contributed by atoms with E-state index >= 15 is 0 Å². The highest BCUT2D eigenvalue weighted by molar-refractivity contribution is 5.85. The van der Waals surface area contributed by atoms with E-state index in [4.69, 9.17) is 27.4 Å². The number of terminal acetylenes is 1. The molecule has 0 unspecified atom stereocenters. The number of nitrogens with zero attached hydrogens (tertiary/aromatic N) is 2. The Morgan fingerprint density at radius 2 is 2.28 bits per heavy atom. The zero-order chi connectivity index (χ0) is 13.4. The van der Waals surface area contributed by atoms with Gasteiger partial charge in [-0.2, -0.15) is 5.10 Å². The lowest BCUT2D eigenvalue weighted by molar-refractivity contribution is 0.367. The van der Waals surface area contributed by atoms with Gasteiger partial charge in [0.1, 0.15) is 18.1 Å². The molecule has 1 aromatic rings. The number of guanidine groups is 1. The van der Waals surface area contributed by atoms with Crippen molar-refractivity contribution in [1.29, 1.82) is 0 Å². The van der Waals surface area contributed by atoms with Crippen LogP contribution in [-0.4, -0.2) is 25.9 Å². The highest BCUT2D eigenvalue weighted by Gasteiger charge is 2.03. The number of hydrogen-bond acceptors (Lipinski definition) is 4. The van der Waals surface area contributed by atoms with E-state index in [0.717, 1.165) is 0 Å². The van der Waals surface area contributed by atoms with Crippen molar-refractivity contribution < 1.29 is 9.47 Å². The van der Waals surface area contributed by atoms with Crippen LogP contribution in [0.4, 0.5) is 0 Å². The summed E-state index contributed by atoms with van der Waals surface area (Å²) >= 11 is 0. The van der Waals surface area contributed by atoms with Crippen molar-refractivity contribution in [2.75, 3.05) is 13.7 Å². The Hall–Kier alpha value is -2.68. The minimum Gasteiger partial charge on any atom is -0.497 e. The van der Waals surface area contributed by atoms with Gasteiger partial charge in [0.2, 0.25) is 5.96 Å². The molecule has 0 aromatic heterocycles. The molecule has 4 N–H and O–H groups in total. The van der Waals surface area contributed by atoms with Crippen molar-refractivity contribution in [2.45, 2.75) is 0 Å². The molecule has 0 amide bonds. The lowest BCUT2D eigenvalue weighted by Crippen LogP contribution is -2.21. The molecule has 6 nitrogen and oxygen atoms in total. The van der Waals surface area contributed by atoms with Crippen LogP contribution in [0.25, 0.3) is 0 Å². The van der Waals surface area contributed by atoms with Gasteiger partial charge in [-0.05, 0) is 18.2 Å². The molecule has 94 valence electrons. The molecule has 0 aliphatic carbocycles. The first-order valence-corrected chi connectivity index (χ1v) is 5.03. The molecule has 1 rings (SSSR count). The van der Waals surface area contributed by atoms with Crippen molar-refractivity contribution in [2.24, 2.45) is 21.7 Å². The summed E-state index contributed by atoms with van der Waals surface area (Å²) in [4.78, 5) is 0. The predicted molar refractivity (Wildman–Crippen MR) is 70.7 cm³/mol. The van der Waals surface area contributed by atoms with Crippen molar-refractivity contribution >= 4 is 12.2 Å². The minimum absolute atomic E-state index is 0.125. The fourth-order valence-corrected chi connectivity index (χ4v) is 1.16. The van der Waals surface area contributed by atoms with Crippen LogP contribution >= 0.6 is 0 Å². The monoisotopic (exact) mass is 246 g/mol. The van der Waals surface area contributed by atoms with E-state index in [9.17, 15) is 0 Å². The molecule has 0 radical (unpaired) electrons. The van der Waals surface area contributed by atoms with E-state index in [1.54, 1.807) is 25.3 Å². The molecule has 0 atom stereocenters. The molecule has 6 heteroatoms. The Balaban J connectivity index is 3.00. The number of hydrogen-bond donors (Lipinski definition) is 2. The molecule has 0 aliphatic rings. The smallest absolute Gasteiger partial charge is 0.211 e. The van der Waals surface area contributed by atoms with Crippen molar-refractivity contribution in [3.8, 4) is 23.8 Å². The molecule has 0 saturated heterocycles. The number of ether oxygens (including phenoxy) is 2. The number of nitrogens with two attached hydrogens (primary N) is 2.